The van der Waals surface area contributed by atoms with Crippen molar-refractivity contribution in [3.05, 3.63) is 70.1 Å². The third-order valence-corrected chi connectivity index (χ3v) is 3.38. The minimum Gasteiger partial charge on any atom is -0.476 e. The van der Waals surface area contributed by atoms with Gasteiger partial charge in [0.25, 0.3) is 5.88 Å². The number of aromatic amines is 1. The van der Waals surface area contributed by atoms with Crippen LogP contribution in [0.5, 0.6) is 11.6 Å². The molecule has 8 heteroatoms. The Morgan fingerprint density at radius 2 is 1.84 bits per heavy atom. The van der Waals surface area contributed by atoms with Gasteiger partial charge in [-0.2, -0.15) is 0 Å². The number of nitrogens with one attached hydrogen (secondary N) is 1. The lowest BCUT2D eigenvalue weighted by atomic mass is 10.2. The summed E-state index contributed by atoms with van der Waals surface area (Å²) in [6.45, 7) is 0. The van der Waals surface area contributed by atoms with E-state index in [1.54, 1.807) is 30.3 Å². The van der Waals surface area contributed by atoms with E-state index < -0.39 is 11.8 Å². The molecular formula is C17H9ClFN3O3. The highest BCUT2D eigenvalue weighted by molar-refractivity contribution is 6.30. The average Bonchev–Trinajstić information content (AvgIpc) is 3.06. The van der Waals surface area contributed by atoms with Crippen molar-refractivity contribution in [2.45, 2.75) is 0 Å². The van der Waals surface area contributed by atoms with E-state index in [4.69, 9.17) is 21.4 Å². The molecule has 3 rings (SSSR count). The predicted octanol–water partition coefficient (Wildman–Crippen LogP) is 3.49. The number of aromatic nitrogens is 3. The second-order valence-electron chi connectivity index (χ2n) is 4.80. The average molecular weight is 358 g/mol. The Labute approximate surface area is 146 Å². The lowest BCUT2D eigenvalue weighted by Gasteiger charge is -2.02. The van der Waals surface area contributed by atoms with Crippen LogP contribution in [0.25, 0.3) is 0 Å². The maximum Gasteiger partial charge on any atom is 0.359 e. The van der Waals surface area contributed by atoms with Gasteiger partial charge in [-0.25, -0.2) is 14.3 Å². The largest absolute Gasteiger partial charge is 0.476 e. The molecule has 0 spiro atoms. The van der Waals surface area contributed by atoms with Crippen molar-refractivity contribution in [1.29, 1.82) is 0 Å². The van der Waals surface area contributed by atoms with Gasteiger partial charge in [0.2, 0.25) is 5.69 Å². The Kier molecular flexibility index (Phi) is 4.64. The quantitative estimate of drug-likeness (QED) is 0.700. The fourth-order valence-electron chi connectivity index (χ4n) is 1.87. The maximum absolute atomic E-state index is 13.4. The van der Waals surface area contributed by atoms with E-state index in [1.165, 1.54) is 12.1 Å². The van der Waals surface area contributed by atoms with E-state index in [0.717, 1.165) is 0 Å². The molecule has 1 aromatic heterocycles. The number of carboxylic acids is 1. The van der Waals surface area contributed by atoms with E-state index in [2.05, 4.69) is 27.3 Å². The highest BCUT2D eigenvalue weighted by atomic mass is 35.5. The molecule has 124 valence electrons. The first-order valence-electron chi connectivity index (χ1n) is 6.92. The highest BCUT2D eigenvalue weighted by Gasteiger charge is 2.16. The first-order valence-corrected chi connectivity index (χ1v) is 7.30. The van der Waals surface area contributed by atoms with Crippen molar-refractivity contribution in [2.75, 3.05) is 0 Å². The summed E-state index contributed by atoms with van der Waals surface area (Å²) >= 11 is 5.62. The molecule has 0 aliphatic heterocycles. The number of carbonyl (C=O) groups is 1. The molecule has 25 heavy (non-hydrogen) atoms. The van der Waals surface area contributed by atoms with Gasteiger partial charge in [0.15, 0.2) is 0 Å². The van der Waals surface area contributed by atoms with Crippen molar-refractivity contribution in [1.82, 2.24) is 15.4 Å². The minimum atomic E-state index is -1.22. The Bertz CT molecular complexity index is 990. The van der Waals surface area contributed by atoms with Crippen LogP contribution in [-0.2, 0) is 0 Å². The molecule has 0 aliphatic rings. The normalized spacial score (nSPS) is 10.0. The van der Waals surface area contributed by atoms with Crippen LogP contribution in [0.4, 0.5) is 4.39 Å². The van der Waals surface area contributed by atoms with Crippen LogP contribution in [-0.4, -0.2) is 26.5 Å². The number of benzene rings is 2. The third-order valence-electron chi connectivity index (χ3n) is 3.07. The van der Waals surface area contributed by atoms with Gasteiger partial charge in [-0.3, -0.25) is 0 Å². The van der Waals surface area contributed by atoms with Gasteiger partial charge >= 0.3 is 5.97 Å². The molecule has 0 bridgehead atoms. The summed E-state index contributed by atoms with van der Waals surface area (Å²) in [6, 6.07) is 10.9. The first kappa shape index (κ1) is 16.5. The predicted molar refractivity (Wildman–Crippen MR) is 87.2 cm³/mol. The number of H-pyrrole nitrogens is 1. The van der Waals surface area contributed by atoms with E-state index in [9.17, 15) is 9.18 Å². The zero-order valence-electron chi connectivity index (χ0n) is 12.5. The number of nitrogens with zero attached hydrogens (tertiary/aromatic N) is 2. The van der Waals surface area contributed by atoms with Crippen LogP contribution in [0.15, 0.2) is 42.5 Å². The number of hydrogen-bond donors (Lipinski definition) is 2. The monoisotopic (exact) mass is 357 g/mol. The summed E-state index contributed by atoms with van der Waals surface area (Å²) in [7, 11) is 0. The first-order chi connectivity index (χ1) is 12.0. The Morgan fingerprint density at radius 3 is 2.52 bits per heavy atom. The molecular weight excluding hydrogens is 349 g/mol. The van der Waals surface area contributed by atoms with Gasteiger partial charge < -0.3 is 9.84 Å². The van der Waals surface area contributed by atoms with Crippen LogP contribution < -0.4 is 4.74 Å². The van der Waals surface area contributed by atoms with Gasteiger partial charge in [0.1, 0.15) is 11.6 Å². The van der Waals surface area contributed by atoms with E-state index in [0.29, 0.717) is 16.9 Å². The van der Waals surface area contributed by atoms with Gasteiger partial charge in [-0.1, -0.05) is 33.8 Å². The van der Waals surface area contributed by atoms with Gasteiger partial charge in [0, 0.05) is 11.1 Å². The molecule has 3 aromatic rings. The zero-order valence-corrected chi connectivity index (χ0v) is 13.2. The second kappa shape index (κ2) is 7.03. The van der Waals surface area contributed by atoms with Gasteiger partial charge in [-0.05, 0) is 42.5 Å². The number of carboxylic acid groups (broad SMARTS) is 1. The standard InChI is InChI=1S/C17H9ClFN3O3/c18-13-8-5-11(9-14(13)19)2-1-10-3-6-12(7-4-10)25-16-15(17(23)24)20-22-21-16/h3-9H,(H,23,24)(H,20,21,22). The molecule has 2 N–H and O–H groups in total. The SMILES string of the molecule is O=C(O)c1[nH]nnc1Oc1ccc(C#Cc2ccc(Cl)c(F)c2)cc1. The molecule has 0 amide bonds. The maximum atomic E-state index is 13.4. The van der Waals surface area contributed by atoms with Crippen molar-refractivity contribution in [3.63, 3.8) is 0 Å². The number of aromatic carboxylic acids is 1. The van der Waals surface area contributed by atoms with Crippen LogP contribution >= 0.6 is 11.6 Å². The summed E-state index contributed by atoms with van der Waals surface area (Å²) in [5, 5.41) is 18.2. The molecule has 0 saturated heterocycles. The van der Waals surface area contributed by atoms with E-state index >= 15 is 0 Å². The molecule has 0 saturated carbocycles. The fourth-order valence-corrected chi connectivity index (χ4v) is 1.98. The van der Waals surface area contributed by atoms with E-state index in [1.807, 2.05) is 0 Å². The lowest BCUT2D eigenvalue weighted by Crippen LogP contribution is -1.99. The second-order valence-corrected chi connectivity index (χ2v) is 5.21. The molecule has 0 atom stereocenters. The number of rotatable bonds is 3. The molecule has 0 unspecified atom stereocenters. The molecule has 1 heterocycles. The molecule has 0 radical (unpaired) electrons. The van der Waals surface area contributed by atoms with Crippen molar-refractivity contribution in [3.8, 4) is 23.5 Å². The van der Waals surface area contributed by atoms with Crippen LogP contribution in [0, 0.1) is 17.7 Å². The van der Waals surface area contributed by atoms with Crippen LogP contribution in [0.1, 0.15) is 21.6 Å². The molecule has 0 fully saturated rings. The molecule has 0 aliphatic carbocycles. The topological polar surface area (TPSA) is 88.1 Å². The number of halogens is 2. The van der Waals surface area contributed by atoms with Crippen molar-refractivity contribution in [2.24, 2.45) is 0 Å². The summed E-state index contributed by atoms with van der Waals surface area (Å²) < 4.78 is 18.7. The summed E-state index contributed by atoms with van der Waals surface area (Å²) in [6.07, 6.45) is 0. The number of ether oxygens (including phenoxy) is 1. The zero-order chi connectivity index (χ0) is 17.8. The smallest absolute Gasteiger partial charge is 0.359 e. The lowest BCUT2D eigenvalue weighted by molar-refractivity contribution is 0.0687. The highest BCUT2D eigenvalue weighted by Crippen LogP contribution is 2.21. The van der Waals surface area contributed by atoms with E-state index in [-0.39, 0.29) is 16.6 Å². The minimum absolute atomic E-state index is 0.0423. The molecule has 6 nitrogen and oxygen atoms in total. The fraction of sp³-hybridized carbons (Fsp3) is 0. The van der Waals surface area contributed by atoms with Crippen LogP contribution in [0.3, 0.4) is 0 Å². The Morgan fingerprint density at radius 1 is 1.16 bits per heavy atom. The third kappa shape index (κ3) is 3.94. The summed E-state index contributed by atoms with van der Waals surface area (Å²) in [5.41, 5.74) is 0.922. The van der Waals surface area contributed by atoms with Crippen LogP contribution in [0.2, 0.25) is 5.02 Å². The van der Waals surface area contributed by atoms with Crippen molar-refractivity contribution < 1.29 is 19.0 Å². The van der Waals surface area contributed by atoms with Crippen molar-refractivity contribution >= 4 is 17.6 Å². The molecule has 2 aromatic carbocycles. The Balaban J connectivity index is 1.74. The summed E-state index contributed by atoms with van der Waals surface area (Å²) in [4.78, 5) is 10.9. The summed E-state index contributed by atoms with van der Waals surface area (Å²) in [5.74, 6) is 4.19. The van der Waals surface area contributed by atoms with Gasteiger partial charge in [-0.15, -0.1) is 0 Å². The number of hydrogen-bond acceptors (Lipinski definition) is 4. The Hall–Kier alpha value is -3.37. The van der Waals surface area contributed by atoms with Gasteiger partial charge in [0.05, 0.1) is 5.02 Å².